The SMILES string of the molecule is CCNc1nc(Cl)nc2c1C(C#N)=CC2. The van der Waals surface area contributed by atoms with E-state index in [0.717, 1.165) is 17.8 Å². The second-order valence-electron chi connectivity index (χ2n) is 3.13. The number of nitrogens with one attached hydrogen (secondary N) is 1. The van der Waals surface area contributed by atoms with E-state index < -0.39 is 0 Å². The van der Waals surface area contributed by atoms with E-state index in [9.17, 15) is 0 Å². The number of nitriles is 1. The lowest BCUT2D eigenvalue weighted by Crippen LogP contribution is -2.05. The van der Waals surface area contributed by atoms with Gasteiger partial charge >= 0.3 is 0 Å². The first kappa shape index (κ1) is 9.94. The molecule has 0 aliphatic heterocycles. The van der Waals surface area contributed by atoms with Gasteiger partial charge in [-0.05, 0) is 18.5 Å². The Labute approximate surface area is 92.6 Å². The molecule has 2 rings (SSSR count). The maximum atomic E-state index is 8.94. The van der Waals surface area contributed by atoms with Gasteiger partial charge in [0.2, 0.25) is 5.28 Å². The number of nitrogens with zero attached hydrogens (tertiary/aromatic N) is 3. The lowest BCUT2D eigenvalue weighted by atomic mass is 10.1. The average molecular weight is 221 g/mol. The summed E-state index contributed by atoms with van der Waals surface area (Å²) >= 11 is 5.79. The van der Waals surface area contributed by atoms with Crippen molar-refractivity contribution in [3.8, 4) is 6.07 Å². The summed E-state index contributed by atoms with van der Waals surface area (Å²) in [5.41, 5.74) is 2.24. The largest absolute Gasteiger partial charge is 0.370 e. The first-order chi connectivity index (χ1) is 7.26. The van der Waals surface area contributed by atoms with E-state index in [1.807, 2.05) is 13.0 Å². The van der Waals surface area contributed by atoms with Crippen LogP contribution in [-0.2, 0) is 6.42 Å². The number of halogens is 1. The molecule has 1 N–H and O–H groups in total. The van der Waals surface area contributed by atoms with E-state index in [1.54, 1.807) is 0 Å². The topological polar surface area (TPSA) is 61.6 Å². The van der Waals surface area contributed by atoms with Gasteiger partial charge in [0.05, 0.1) is 22.9 Å². The Hall–Kier alpha value is -1.60. The average Bonchev–Trinajstić information content (AvgIpc) is 2.61. The molecule has 1 aliphatic rings. The first-order valence-corrected chi connectivity index (χ1v) is 5.05. The van der Waals surface area contributed by atoms with Crippen molar-refractivity contribution in [2.75, 3.05) is 11.9 Å². The molecule has 5 heteroatoms. The minimum Gasteiger partial charge on any atom is -0.370 e. The predicted molar refractivity (Wildman–Crippen MR) is 58.5 cm³/mol. The van der Waals surface area contributed by atoms with E-state index in [1.165, 1.54) is 0 Å². The van der Waals surface area contributed by atoms with Crippen LogP contribution >= 0.6 is 11.6 Å². The summed E-state index contributed by atoms with van der Waals surface area (Å²) in [5, 5.41) is 12.2. The van der Waals surface area contributed by atoms with E-state index in [0.29, 0.717) is 17.8 Å². The van der Waals surface area contributed by atoms with Gasteiger partial charge in [-0.1, -0.05) is 6.08 Å². The quantitative estimate of drug-likeness (QED) is 0.775. The van der Waals surface area contributed by atoms with Crippen LogP contribution in [-0.4, -0.2) is 16.5 Å². The third-order valence-electron chi connectivity index (χ3n) is 2.19. The zero-order chi connectivity index (χ0) is 10.8. The van der Waals surface area contributed by atoms with Gasteiger partial charge in [-0.15, -0.1) is 0 Å². The Morgan fingerprint density at radius 3 is 3.07 bits per heavy atom. The van der Waals surface area contributed by atoms with Gasteiger partial charge in [-0.2, -0.15) is 5.26 Å². The van der Waals surface area contributed by atoms with E-state index >= 15 is 0 Å². The van der Waals surface area contributed by atoms with Gasteiger partial charge in [0, 0.05) is 13.0 Å². The molecule has 4 nitrogen and oxygen atoms in total. The number of hydrogen-bond acceptors (Lipinski definition) is 4. The molecule has 1 aromatic rings. The summed E-state index contributed by atoms with van der Waals surface area (Å²) in [6.07, 6.45) is 2.50. The molecule has 0 fully saturated rings. The predicted octanol–water partition coefficient (Wildman–Crippen LogP) is 2.02. The molecule has 1 heterocycles. The molecule has 76 valence electrons. The molecule has 1 aromatic heterocycles. The highest BCUT2D eigenvalue weighted by Gasteiger charge is 2.21. The molecule has 0 radical (unpaired) electrons. The van der Waals surface area contributed by atoms with Crippen molar-refractivity contribution in [3.05, 3.63) is 22.6 Å². The summed E-state index contributed by atoms with van der Waals surface area (Å²) in [5.74, 6) is 0.651. The van der Waals surface area contributed by atoms with E-state index in [-0.39, 0.29) is 5.28 Å². The summed E-state index contributed by atoms with van der Waals surface area (Å²) in [7, 11) is 0. The van der Waals surface area contributed by atoms with Gasteiger partial charge < -0.3 is 5.32 Å². The summed E-state index contributed by atoms with van der Waals surface area (Å²) < 4.78 is 0. The van der Waals surface area contributed by atoms with Crippen LogP contribution in [0.2, 0.25) is 5.28 Å². The summed E-state index contributed by atoms with van der Waals surface area (Å²) in [4.78, 5) is 8.19. The Morgan fingerprint density at radius 1 is 1.60 bits per heavy atom. The monoisotopic (exact) mass is 220 g/mol. The normalized spacial score (nSPS) is 13.0. The van der Waals surface area contributed by atoms with Crippen molar-refractivity contribution in [2.45, 2.75) is 13.3 Å². The Bertz CT molecular complexity index is 473. The van der Waals surface area contributed by atoms with Crippen molar-refractivity contribution in [3.63, 3.8) is 0 Å². The smallest absolute Gasteiger partial charge is 0.224 e. The van der Waals surface area contributed by atoms with Gasteiger partial charge in [0.25, 0.3) is 0 Å². The van der Waals surface area contributed by atoms with Crippen molar-refractivity contribution in [2.24, 2.45) is 0 Å². The van der Waals surface area contributed by atoms with Gasteiger partial charge in [-0.3, -0.25) is 0 Å². The zero-order valence-corrected chi connectivity index (χ0v) is 8.97. The van der Waals surface area contributed by atoms with Crippen molar-refractivity contribution < 1.29 is 0 Å². The van der Waals surface area contributed by atoms with Crippen LogP contribution in [0, 0.1) is 11.3 Å². The maximum Gasteiger partial charge on any atom is 0.224 e. The number of anilines is 1. The Kier molecular flexibility index (Phi) is 2.57. The molecule has 0 amide bonds. The van der Waals surface area contributed by atoms with Crippen molar-refractivity contribution in [1.82, 2.24) is 9.97 Å². The van der Waals surface area contributed by atoms with Crippen LogP contribution in [0.4, 0.5) is 5.82 Å². The van der Waals surface area contributed by atoms with E-state index in [2.05, 4.69) is 21.4 Å². The van der Waals surface area contributed by atoms with Crippen LogP contribution < -0.4 is 5.32 Å². The Morgan fingerprint density at radius 2 is 2.40 bits per heavy atom. The van der Waals surface area contributed by atoms with E-state index in [4.69, 9.17) is 16.9 Å². The highest BCUT2D eigenvalue weighted by molar-refractivity contribution is 6.28. The molecular weight excluding hydrogens is 212 g/mol. The van der Waals surface area contributed by atoms with Gasteiger partial charge in [-0.25, -0.2) is 9.97 Å². The molecule has 15 heavy (non-hydrogen) atoms. The molecule has 0 unspecified atom stereocenters. The maximum absolute atomic E-state index is 8.94. The second-order valence-corrected chi connectivity index (χ2v) is 3.47. The minimum absolute atomic E-state index is 0.220. The second kappa shape index (κ2) is 3.87. The van der Waals surface area contributed by atoms with Crippen molar-refractivity contribution >= 4 is 23.0 Å². The van der Waals surface area contributed by atoms with Crippen molar-refractivity contribution in [1.29, 1.82) is 5.26 Å². The molecule has 0 saturated carbocycles. The fourth-order valence-electron chi connectivity index (χ4n) is 1.61. The molecule has 0 atom stereocenters. The van der Waals surface area contributed by atoms with Crippen LogP contribution in [0.5, 0.6) is 0 Å². The Balaban J connectivity index is 2.56. The molecular formula is C10H9ClN4. The first-order valence-electron chi connectivity index (χ1n) is 4.67. The molecule has 0 bridgehead atoms. The van der Waals surface area contributed by atoms with Gasteiger partial charge in [0.1, 0.15) is 5.82 Å². The van der Waals surface area contributed by atoms with Crippen LogP contribution in [0.25, 0.3) is 5.57 Å². The highest BCUT2D eigenvalue weighted by Crippen LogP contribution is 2.31. The number of aromatic nitrogens is 2. The third kappa shape index (κ3) is 1.66. The number of allylic oxidation sites excluding steroid dienone is 2. The summed E-state index contributed by atoms with van der Waals surface area (Å²) in [6, 6.07) is 2.14. The van der Waals surface area contributed by atoms with Crippen LogP contribution in [0.3, 0.4) is 0 Å². The van der Waals surface area contributed by atoms with Crippen LogP contribution in [0.1, 0.15) is 18.2 Å². The fraction of sp³-hybridized carbons (Fsp3) is 0.300. The number of fused-ring (bicyclic) bond motifs is 1. The minimum atomic E-state index is 0.220. The molecule has 1 aliphatic carbocycles. The number of rotatable bonds is 2. The zero-order valence-electron chi connectivity index (χ0n) is 8.21. The summed E-state index contributed by atoms with van der Waals surface area (Å²) in [6.45, 7) is 2.70. The fourth-order valence-corrected chi connectivity index (χ4v) is 1.79. The lowest BCUT2D eigenvalue weighted by Gasteiger charge is -2.08. The molecule has 0 aromatic carbocycles. The van der Waals surface area contributed by atoms with Gasteiger partial charge in [0.15, 0.2) is 0 Å². The number of hydrogen-bond donors (Lipinski definition) is 1. The standard InChI is InChI=1S/C10H9ClN4/c1-2-13-9-8-6(5-12)3-4-7(8)14-10(11)15-9/h3H,2,4H2,1H3,(H,13,14,15). The lowest BCUT2D eigenvalue weighted by molar-refractivity contribution is 1.04. The third-order valence-corrected chi connectivity index (χ3v) is 2.36. The molecule has 0 saturated heterocycles. The molecule has 0 spiro atoms. The highest BCUT2D eigenvalue weighted by atomic mass is 35.5. The van der Waals surface area contributed by atoms with Crippen LogP contribution in [0.15, 0.2) is 6.08 Å².